The average molecular weight is 224 g/mol. The number of pyridine rings is 1. The molecule has 4 nitrogen and oxygen atoms in total. The number of rotatable bonds is 8. The Balaban J connectivity index is 2.26. The van der Waals surface area contributed by atoms with Gasteiger partial charge in [-0.05, 0) is 24.2 Å². The zero-order valence-corrected chi connectivity index (χ0v) is 9.80. The molecule has 0 atom stereocenters. The van der Waals surface area contributed by atoms with E-state index < -0.39 is 0 Å². The summed E-state index contributed by atoms with van der Waals surface area (Å²) in [6.45, 7) is 6.11. The van der Waals surface area contributed by atoms with Crippen molar-refractivity contribution in [3.8, 4) is 0 Å². The molecule has 1 aromatic rings. The highest BCUT2D eigenvalue weighted by Gasteiger charge is 2.02. The first-order valence-corrected chi connectivity index (χ1v) is 5.66. The van der Waals surface area contributed by atoms with Gasteiger partial charge in [0.15, 0.2) is 0 Å². The molecule has 0 aliphatic carbocycles. The molecule has 0 saturated heterocycles. The van der Waals surface area contributed by atoms with E-state index in [1.54, 1.807) is 0 Å². The summed E-state index contributed by atoms with van der Waals surface area (Å²) in [6.07, 6.45) is 3.62. The van der Waals surface area contributed by atoms with Gasteiger partial charge in [0.2, 0.25) is 0 Å². The minimum Gasteiger partial charge on any atom is -0.394 e. The maximum atomic E-state index is 8.58. The summed E-state index contributed by atoms with van der Waals surface area (Å²) in [4.78, 5) is 6.29. The Morgan fingerprint density at radius 1 is 1.31 bits per heavy atom. The van der Waals surface area contributed by atoms with E-state index in [1.165, 1.54) is 5.56 Å². The van der Waals surface area contributed by atoms with Crippen LogP contribution < -0.4 is 0 Å². The number of likely N-dealkylation sites (N-methyl/N-ethyl adjacent to an activating group) is 1. The molecule has 16 heavy (non-hydrogen) atoms. The van der Waals surface area contributed by atoms with Crippen LogP contribution in [0.5, 0.6) is 0 Å². The topological polar surface area (TPSA) is 45.6 Å². The molecule has 0 fully saturated rings. The fourth-order valence-electron chi connectivity index (χ4n) is 1.46. The van der Waals surface area contributed by atoms with Gasteiger partial charge in [-0.1, -0.05) is 6.92 Å². The highest BCUT2D eigenvalue weighted by atomic mass is 16.5. The zero-order chi connectivity index (χ0) is 11.6. The number of hydrogen-bond acceptors (Lipinski definition) is 4. The van der Waals surface area contributed by atoms with Crippen LogP contribution >= 0.6 is 0 Å². The van der Waals surface area contributed by atoms with E-state index in [0.29, 0.717) is 13.2 Å². The van der Waals surface area contributed by atoms with E-state index in [2.05, 4.69) is 16.8 Å². The van der Waals surface area contributed by atoms with E-state index >= 15 is 0 Å². The Hall–Kier alpha value is -0.970. The molecule has 0 saturated carbocycles. The first-order valence-electron chi connectivity index (χ1n) is 5.66. The molecule has 0 bridgehead atoms. The lowest BCUT2D eigenvalue weighted by Gasteiger charge is -2.20. The van der Waals surface area contributed by atoms with E-state index in [4.69, 9.17) is 9.84 Å². The van der Waals surface area contributed by atoms with Gasteiger partial charge >= 0.3 is 0 Å². The molecule has 0 unspecified atom stereocenters. The van der Waals surface area contributed by atoms with E-state index in [0.717, 1.165) is 19.6 Å². The number of aliphatic hydroxyl groups excluding tert-OH is 1. The third kappa shape index (κ3) is 5.21. The van der Waals surface area contributed by atoms with Gasteiger partial charge in [0.05, 0.1) is 19.8 Å². The molecule has 4 heteroatoms. The molecule has 0 amide bonds. The molecule has 1 heterocycles. The number of nitrogens with zero attached hydrogens (tertiary/aromatic N) is 2. The molecule has 0 aliphatic rings. The normalized spacial score (nSPS) is 10.9. The van der Waals surface area contributed by atoms with Gasteiger partial charge in [-0.25, -0.2) is 0 Å². The summed E-state index contributed by atoms with van der Waals surface area (Å²) in [5.74, 6) is 0. The molecule has 1 rings (SSSR count). The summed E-state index contributed by atoms with van der Waals surface area (Å²) >= 11 is 0. The predicted molar refractivity (Wildman–Crippen MR) is 63.1 cm³/mol. The highest BCUT2D eigenvalue weighted by molar-refractivity contribution is 5.09. The van der Waals surface area contributed by atoms with Crippen molar-refractivity contribution in [1.29, 1.82) is 0 Å². The van der Waals surface area contributed by atoms with Crippen LogP contribution in [0.4, 0.5) is 0 Å². The van der Waals surface area contributed by atoms with Crippen LogP contribution in [0.3, 0.4) is 0 Å². The summed E-state index contributed by atoms with van der Waals surface area (Å²) in [6, 6.07) is 4.05. The van der Waals surface area contributed by atoms with Gasteiger partial charge in [0, 0.05) is 25.5 Å². The number of hydrogen-bond donors (Lipinski definition) is 1. The van der Waals surface area contributed by atoms with Crippen molar-refractivity contribution in [3.63, 3.8) is 0 Å². The molecule has 0 aliphatic heterocycles. The minimum absolute atomic E-state index is 0.0937. The lowest BCUT2D eigenvalue weighted by Crippen LogP contribution is -2.27. The molecular formula is C12H20N2O2. The lowest BCUT2D eigenvalue weighted by molar-refractivity contribution is 0.0732. The molecule has 90 valence electrons. The molecule has 0 aromatic carbocycles. The first kappa shape index (κ1) is 13.1. The summed E-state index contributed by atoms with van der Waals surface area (Å²) < 4.78 is 5.25. The van der Waals surface area contributed by atoms with Crippen LogP contribution in [0.2, 0.25) is 0 Å². The fraction of sp³-hybridized carbons (Fsp3) is 0.583. The van der Waals surface area contributed by atoms with Crippen molar-refractivity contribution in [2.75, 3.05) is 32.9 Å². The van der Waals surface area contributed by atoms with Crippen molar-refractivity contribution in [1.82, 2.24) is 9.88 Å². The Morgan fingerprint density at radius 2 is 2.06 bits per heavy atom. The van der Waals surface area contributed by atoms with Gasteiger partial charge in [-0.2, -0.15) is 0 Å². The van der Waals surface area contributed by atoms with Gasteiger partial charge in [-0.3, -0.25) is 9.88 Å². The third-order valence-corrected chi connectivity index (χ3v) is 2.39. The van der Waals surface area contributed by atoms with Crippen LogP contribution in [-0.4, -0.2) is 47.9 Å². The number of ether oxygens (including phenoxy) is 1. The predicted octanol–water partition coefficient (Wildman–Crippen LogP) is 0.912. The molecule has 1 N–H and O–H groups in total. The summed E-state index contributed by atoms with van der Waals surface area (Å²) in [7, 11) is 0. The molecule has 0 spiro atoms. The van der Waals surface area contributed by atoms with Crippen LogP contribution in [0, 0.1) is 0 Å². The first-order chi connectivity index (χ1) is 7.86. The van der Waals surface area contributed by atoms with Crippen molar-refractivity contribution < 1.29 is 9.84 Å². The Bertz CT molecular complexity index is 267. The SMILES string of the molecule is CCN(CCOCCO)Cc1ccncc1. The second-order valence-corrected chi connectivity index (χ2v) is 3.56. The Kier molecular flexibility index (Phi) is 6.72. The third-order valence-electron chi connectivity index (χ3n) is 2.39. The second-order valence-electron chi connectivity index (χ2n) is 3.56. The van der Waals surface area contributed by atoms with Gasteiger partial charge < -0.3 is 9.84 Å². The summed E-state index contributed by atoms with van der Waals surface area (Å²) in [5, 5.41) is 8.58. The van der Waals surface area contributed by atoms with Crippen molar-refractivity contribution >= 4 is 0 Å². The largest absolute Gasteiger partial charge is 0.394 e. The fourth-order valence-corrected chi connectivity index (χ4v) is 1.46. The van der Waals surface area contributed by atoms with Gasteiger partial charge in [0.1, 0.15) is 0 Å². The van der Waals surface area contributed by atoms with E-state index in [9.17, 15) is 0 Å². The highest BCUT2D eigenvalue weighted by Crippen LogP contribution is 2.02. The quantitative estimate of drug-likeness (QED) is 0.667. The second kappa shape index (κ2) is 8.21. The molecular weight excluding hydrogens is 204 g/mol. The standard InChI is InChI=1S/C12H20N2O2/c1-2-14(7-9-16-10-8-15)11-12-3-5-13-6-4-12/h3-6,15H,2,7-11H2,1H3. The van der Waals surface area contributed by atoms with Crippen LogP contribution in [0.25, 0.3) is 0 Å². The molecule has 1 aromatic heterocycles. The lowest BCUT2D eigenvalue weighted by atomic mass is 10.2. The zero-order valence-electron chi connectivity index (χ0n) is 9.80. The minimum atomic E-state index is 0.0937. The number of aliphatic hydroxyl groups is 1. The average Bonchev–Trinajstić information content (AvgIpc) is 2.34. The number of aromatic nitrogens is 1. The van der Waals surface area contributed by atoms with Crippen molar-refractivity contribution in [2.45, 2.75) is 13.5 Å². The monoisotopic (exact) mass is 224 g/mol. The summed E-state index contributed by atoms with van der Waals surface area (Å²) in [5.41, 5.74) is 1.26. The van der Waals surface area contributed by atoms with Crippen LogP contribution in [0.15, 0.2) is 24.5 Å². The van der Waals surface area contributed by atoms with Crippen molar-refractivity contribution in [3.05, 3.63) is 30.1 Å². The molecule has 0 radical (unpaired) electrons. The smallest absolute Gasteiger partial charge is 0.0698 e. The van der Waals surface area contributed by atoms with E-state index in [1.807, 2.05) is 24.5 Å². The maximum Gasteiger partial charge on any atom is 0.0698 e. The van der Waals surface area contributed by atoms with Crippen LogP contribution in [-0.2, 0) is 11.3 Å². The Morgan fingerprint density at radius 3 is 2.69 bits per heavy atom. The van der Waals surface area contributed by atoms with Gasteiger partial charge in [-0.15, -0.1) is 0 Å². The van der Waals surface area contributed by atoms with Gasteiger partial charge in [0.25, 0.3) is 0 Å². The van der Waals surface area contributed by atoms with Crippen molar-refractivity contribution in [2.24, 2.45) is 0 Å². The maximum absolute atomic E-state index is 8.58. The van der Waals surface area contributed by atoms with E-state index in [-0.39, 0.29) is 6.61 Å². The Labute approximate surface area is 96.9 Å². The van der Waals surface area contributed by atoms with Crippen LogP contribution in [0.1, 0.15) is 12.5 Å².